The third kappa shape index (κ3) is 3.79. The summed E-state index contributed by atoms with van der Waals surface area (Å²) in [7, 11) is 1.94. The molecule has 1 saturated heterocycles. The lowest BCUT2D eigenvalue weighted by atomic mass is 10.2. The molecule has 1 unspecified atom stereocenters. The van der Waals surface area contributed by atoms with Gasteiger partial charge in [0.2, 0.25) is 0 Å². The molecule has 1 aromatic heterocycles. The van der Waals surface area contributed by atoms with Crippen molar-refractivity contribution in [1.82, 2.24) is 10.3 Å². The fraction of sp³-hybridized carbons (Fsp3) is 0.692. The summed E-state index contributed by atoms with van der Waals surface area (Å²) in [5, 5.41) is 4.33. The summed E-state index contributed by atoms with van der Waals surface area (Å²) in [5.41, 5.74) is 5.85. The first-order chi connectivity index (χ1) is 9.61. The van der Waals surface area contributed by atoms with E-state index in [0.717, 1.165) is 18.2 Å². The molecule has 112 valence electrons. The van der Waals surface area contributed by atoms with E-state index in [2.05, 4.69) is 10.3 Å². The van der Waals surface area contributed by atoms with E-state index in [-0.39, 0.29) is 5.91 Å². The van der Waals surface area contributed by atoms with Crippen LogP contribution in [0.25, 0.3) is 0 Å². The zero-order chi connectivity index (χ0) is 14.5. The number of rotatable bonds is 5. The molecule has 1 aromatic rings. The molecular formula is C13H22N4OS2. The number of hydrogen-bond acceptors (Lipinski definition) is 6. The summed E-state index contributed by atoms with van der Waals surface area (Å²) in [6.07, 6.45) is 3.75. The number of carbonyl (C=O) groups is 1. The molecule has 2 rings (SSSR count). The van der Waals surface area contributed by atoms with Crippen LogP contribution < -0.4 is 16.0 Å². The second-order valence-electron chi connectivity index (χ2n) is 4.92. The second-order valence-corrected chi connectivity index (χ2v) is 7.31. The topological polar surface area (TPSA) is 71.2 Å². The molecule has 20 heavy (non-hydrogen) atoms. The van der Waals surface area contributed by atoms with Gasteiger partial charge in [-0.25, -0.2) is 4.98 Å². The zero-order valence-electron chi connectivity index (χ0n) is 12.0. The summed E-state index contributed by atoms with van der Waals surface area (Å²) in [6, 6.07) is 0. The highest BCUT2D eigenvalue weighted by Crippen LogP contribution is 2.28. The minimum atomic E-state index is -0.0954. The van der Waals surface area contributed by atoms with Gasteiger partial charge in [0.25, 0.3) is 5.91 Å². The molecule has 0 spiro atoms. The molecule has 1 aliphatic heterocycles. The first kappa shape index (κ1) is 15.4. The zero-order valence-corrected chi connectivity index (χ0v) is 13.6. The minimum absolute atomic E-state index is 0.0954. The van der Waals surface area contributed by atoms with E-state index >= 15 is 0 Å². The van der Waals surface area contributed by atoms with Crippen molar-refractivity contribution in [2.24, 2.45) is 0 Å². The highest BCUT2D eigenvalue weighted by molar-refractivity contribution is 7.99. The van der Waals surface area contributed by atoms with Crippen molar-refractivity contribution in [1.29, 1.82) is 0 Å². The average molecular weight is 314 g/mol. The van der Waals surface area contributed by atoms with Gasteiger partial charge < -0.3 is 16.0 Å². The lowest BCUT2D eigenvalue weighted by Gasteiger charge is -2.21. The van der Waals surface area contributed by atoms with Gasteiger partial charge in [0, 0.05) is 25.4 Å². The molecule has 0 aromatic carbocycles. The van der Waals surface area contributed by atoms with Crippen LogP contribution in [0, 0.1) is 0 Å². The van der Waals surface area contributed by atoms with Crippen molar-refractivity contribution in [3.05, 3.63) is 4.88 Å². The van der Waals surface area contributed by atoms with Crippen LogP contribution in [0.15, 0.2) is 0 Å². The number of nitrogen functional groups attached to an aromatic ring is 1. The second kappa shape index (κ2) is 7.17. The highest BCUT2D eigenvalue weighted by atomic mass is 32.2. The number of thiazole rings is 1. The van der Waals surface area contributed by atoms with Crippen LogP contribution in [-0.4, -0.2) is 42.0 Å². The predicted octanol–water partition coefficient (Wildman–Crippen LogP) is 2.20. The Hall–Kier alpha value is -0.950. The average Bonchev–Trinajstić information content (AvgIpc) is 2.87. The van der Waals surface area contributed by atoms with Gasteiger partial charge in [0.15, 0.2) is 5.13 Å². The third-order valence-corrected chi connectivity index (χ3v) is 6.00. The lowest BCUT2D eigenvalue weighted by Crippen LogP contribution is -2.31. The number of hydrogen-bond donors (Lipinski definition) is 2. The van der Waals surface area contributed by atoms with Gasteiger partial charge in [0.05, 0.1) is 0 Å². The number of carbonyl (C=O) groups excluding carboxylic acids is 1. The Balaban J connectivity index is 1.93. The van der Waals surface area contributed by atoms with E-state index in [0.29, 0.717) is 15.9 Å². The van der Waals surface area contributed by atoms with Crippen LogP contribution in [-0.2, 0) is 0 Å². The van der Waals surface area contributed by atoms with Gasteiger partial charge in [-0.3, -0.25) is 4.79 Å². The number of thioether (sulfide) groups is 1. The Morgan fingerprint density at radius 3 is 3.00 bits per heavy atom. The number of aromatic nitrogens is 1. The molecular weight excluding hydrogens is 292 g/mol. The molecule has 0 saturated carbocycles. The van der Waals surface area contributed by atoms with Gasteiger partial charge in [-0.05, 0) is 25.5 Å². The number of nitrogens with two attached hydrogens (primary N) is 1. The molecule has 7 heteroatoms. The van der Waals surface area contributed by atoms with E-state index in [1.807, 2.05) is 30.6 Å². The summed E-state index contributed by atoms with van der Waals surface area (Å²) in [5.74, 6) is 1.44. The minimum Gasteiger partial charge on any atom is -0.382 e. The monoisotopic (exact) mass is 314 g/mol. The summed E-state index contributed by atoms with van der Waals surface area (Å²) >= 11 is 3.31. The first-order valence-corrected chi connectivity index (χ1v) is 8.85. The largest absolute Gasteiger partial charge is 0.382 e. The van der Waals surface area contributed by atoms with Crippen molar-refractivity contribution >= 4 is 40.0 Å². The van der Waals surface area contributed by atoms with Crippen LogP contribution in [0.1, 0.15) is 35.9 Å². The van der Waals surface area contributed by atoms with Gasteiger partial charge in [-0.1, -0.05) is 17.8 Å². The third-order valence-electron chi connectivity index (χ3n) is 3.41. The van der Waals surface area contributed by atoms with Crippen molar-refractivity contribution < 1.29 is 4.79 Å². The fourth-order valence-corrected chi connectivity index (χ4v) is 4.20. The van der Waals surface area contributed by atoms with E-state index in [1.54, 1.807) is 0 Å². The quantitative estimate of drug-likeness (QED) is 0.872. The van der Waals surface area contributed by atoms with Crippen LogP contribution >= 0.6 is 23.1 Å². The van der Waals surface area contributed by atoms with Crippen molar-refractivity contribution in [2.45, 2.75) is 31.4 Å². The number of nitrogens with one attached hydrogen (secondary N) is 1. The molecule has 1 aliphatic rings. The molecule has 0 radical (unpaired) electrons. The smallest absolute Gasteiger partial charge is 0.265 e. The van der Waals surface area contributed by atoms with Crippen molar-refractivity contribution in [2.75, 3.05) is 36.5 Å². The van der Waals surface area contributed by atoms with E-state index < -0.39 is 0 Å². The molecule has 5 nitrogen and oxygen atoms in total. The Kier molecular flexibility index (Phi) is 5.54. The van der Waals surface area contributed by atoms with Gasteiger partial charge in [0.1, 0.15) is 10.7 Å². The molecule has 0 bridgehead atoms. The Labute approximate surface area is 128 Å². The molecule has 1 fully saturated rings. The number of anilines is 2. The number of nitrogens with zero attached hydrogens (tertiary/aromatic N) is 2. The van der Waals surface area contributed by atoms with E-state index in [9.17, 15) is 4.79 Å². The Morgan fingerprint density at radius 1 is 1.55 bits per heavy atom. The summed E-state index contributed by atoms with van der Waals surface area (Å²) in [6.45, 7) is 3.60. The van der Waals surface area contributed by atoms with Crippen LogP contribution in [0.4, 0.5) is 10.9 Å². The summed E-state index contributed by atoms with van der Waals surface area (Å²) in [4.78, 5) is 18.9. The van der Waals surface area contributed by atoms with E-state index in [4.69, 9.17) is 5.73 Å². The fourth-order valence-electron chi connectivity index (χ4n) is 2.04. The Bertz CT molecular complexity index is 457. The normalized spacial score (nSPS) is 18.8. The predicted molar refractivity (Wildman–Crippen MR) is 87.9 cm³/mol. The molecule has 0 aliphatic carbocycles. The van der Waals surface area contributed by atoms with Crippen LogP contribution in [0.3, 0.4) is 0 Å². The van der Waals surface area contributed by atoms with E-state index in [1.165, 1.54) is 36.4 Å². The maximum Gasteiger partial charge on any atom is 0.265 e. The van der Waals surface area contributed by atoms with Gasteiger partial charge in [-0.15, -0.1) is 0 Å². The van der Waals surface area contributed by atoms with Gasteiger partial charge in [-0.2, -0.15) is 11.8 Å². The van der Waals surface area contributed by atoms with Crippen LogP contribution in [0.2, 0.25) is 0 Å². The SMILES string of the molecule is CCN(C)c1nc(N)c(C(=O)NCC2CCCCS2)s1. The van der Waals surface area contributed by atoms with Crippen molar-refractivity contribution in [3.63, 3.8) is 0 Å². The maximum atomic E-state index is 12.2. The van der Waals surface area contributed by atoms with Crippen molar-refractivity contribution in [3.8, 4) is 0 Å². The first-order valence-electron chi connectivity index (χ1n) is 6.99. The maximum absolute atomic E-state index is 12.2. The standard InChI is InChI=1S/C13H22N4OS2/c1-3-17(2)13-16-11(14)10(20-13)12(18)15-8-9-6-4-5-7-19-9/h9H,3-8,14H2,1-2H3,(H,15,18). The van der Waals surface area contributed by atoms with Crippen LogP contribution in [0.5, 0.6) is 0 Å². The lowest BCUT2D eigenvalue weighted by molar-refractivity contribution is 0.0958. The molecule has 1 amide bonds. The molecule has 1 atom stereocenters. The number of amides is 1. The summed E-state index contributed by atoms with van der Waals surface area (Å²) < 4.78 is 0. The van der Waals surface area contributed by atoms with Gasteiger partial charge >= 0.3 is 0 Å². The molecule has 3 N–H and O–H groups in total. The highest BCUT2D eigenvalue weighted by Gasteiger charge is 2.20. The Morgan fingerprint density at radius 2 is 2.35 bits per heavy atom. The molecule has 2 heterocycles.